The first kappa shape index (κ1) is 17.8. The Morgan fingerprint density at radius 3 is 2.43 bits per heavy atom. The van der Waals surface area contributed by atoms with Gasteiger partial charge < -0.3 is 10.6 Å². The number of benzene rings is 1. The lowest BCUT2D eigenvalue weighted by molar-refractivity contribution is -0.118. The number of carbonyl (C=O) groups excluding carboxylic acids is 2. The minimum absolute atomic E-state index is 0.0679. The molecule has 2 amide bonds. The molecule has 122 valence electrons. The molecule has 0 fully saturated rings. The van der Waals surface area contributed by atoms with Crippen LogP contribution in [0.3, 0.4) is 0 Å². The molecule has 4 nitrogen and oxygen atoms in total. The number of anilines is 1. The molecule has 0 aliphatic rings. The Hall–Kier alpha value is -1.56. The molecule has 0 saturated carbocycles. The van der Waals surface area contributed by atoms with Crippen LogP contribution in [0.4, 0.5) is 5.69 Å². The Labute approximate surface area is 148 Å². The van der Waals surface area contributed by atoms with Gasteiger partial charge >= 0.3 is 0 Å². The third-order valence-corrected chi connectivity index (χ3v) is 4.78. The van der Waals surface area contributed by atoms with Crippen LogP contribution in [0.1, 0.15) is 23.5 Å². The van der Waals surface area contributed by atoms with Gasteiger partial charge in [-0.25, -0.2) is 0 Å². The topological polar surface area (TPSA) is 58.2 Å². The molecule has 1 aromatic heterocycles. The maximum atomic E-state index is 12.5. The summed E-state index contributed by atoms with van der Waals surface area (Å²) in [6, 6.07) is 7.69. The molecule has 2 rings (SSSR count). The first-order chi connectivity index (χ1) is 10.9. The Balaban J connectivity index is 2.09. The quantitative estimate of drug-likeness (QED) is 0.816. The first-order valence-corrected chi connectivity index (χ1v) is 8.62. The van der Waals surface area contributed by atoms with Crippen molar-refractivity contribution in [1.82, 2.24) is 5.32 Å². The summed E-state index contributed by atoms with van der Waals surface area (Å²) in [4.78, 5) is 25.2. The van der Waals surface area contributed by atoms with Crippen molar-refractivity contribution in [3.05, 3.63) is 50.6 Å². The molecule has 1 aromatic carbocycles. The van der Waals surface area contributed by atoms with Crippen molar-refractivity contribution in [1.29, 1.82) is 0 Å². The fourth-order valence-electron chi connectivity index (χ4n) is 1.95. The largest absolute Gasteiger partial charge is 0.339 e. The highest BCUT2D eigenvalue weighted by molar-refractivity contribution is 7.12. The van der Waals surface area contributed by atoms with Gasteiger partial charge in [0, 0.05) is 5.69 Å². The summed E-state index contributed by atoms with van der Waals surface area (Å²) in [5.41, 5.74) is 0.528. The SMILES string of the molecule is CC(C)C(NC(=O)c1cccs1)C(=O)Nc1ccc(Cl)c(Cl)c1. The van der Waals surface area contributed by atoms with E-state index < -0.39 is 6.04 Å². The third-order valence-electron chi connectivity index (χ3n) is 3.17. The molecule has 0 aliphatic heterocycles. The molecule has 1 unspecified atom stereocenters. The van der Waals surface area contributed by atoms with Crippen molar-refractivity contribution < 1.29 is 9.59 Å². The normalized spacial score (nSPS) is 12.0. The molecule has 1 heterocycles. The minimum Gasteiger partial charge on any atom is -0.339 e. The Morgan fingerprint density at radius 1 is 1.13 bits per heavy atom. The van der Waals surface area contributed by atoms with E-state index in [-0.39, 0.29) is 17.7 Å². The highest BCUT2D eigenvalue weighted by atomic mass is 35.5. The molecule has 23 heavy (non-hydrogen) atoms. The Kier molecular flexibility index (Phi) is 6.04. The van der Waals surface area contributed by atoms with Gasteiger partial charge in [0.05, 0.1) is 14.9 Å². The third kappa shape index (κ3) is 4.70. The van der Waals surface area contributed by atoms with E-state index in [0.717, 1.165) is 0 Å². The highest BCUT2D eigenvalue weighted by Gasteiger charge is 2.25. The number of hydrogen-bond donors (Lipinski definition) is 2. The zero-order valence-electron chi connectivity index (χ0n) is 12.6. The van der Waals surface area contributed by atoms with E-state index >= 15 is 0 Å². The van der Waals surface area contributed by atoms with Gasteiger partial charge in [-0.2, -0.15) is 0 Å². The van der Waals surface area contributed by atoms with Crippen molar-refractivity contribution in [2.75, 3.05) is 5.32 Å². The smallest absolute Gasteiger partial charge is 0.262 e. The van der Waals surface area contributed by atoms with Gasteiger partial charge in [-0.3, -0.25) is 9.59 Å². The van der Waals surface area contributed by atoms with Gasteiger partial charge in [0.2, 0.25) is 5.91 Å². The maximum Gasteiger partial charge on any atom is 0.262 e. The number of thiophene rings is 1. The van der Waals surface area contributed by atoms with Crippen LogP contribution in [0.2, 0.25) is 10.0 Å². The molecular formula is C16H16Cl2N2O2S. The zero-order valence-corrected chi connectivity index (χ0v) is 14.9. The van der Waals surface area contributed by atoms with Crippen LogP contribution in [-0.4, -0.2) is 17.9 Å². The van der Waals surface area contributed by atoms with Crippen LogP contribution >= 0.6 is 34.5 Å². The van der Waals surface area contributed by atoms with Crippen molar-refractivity contribution in [2.45, 2.75) is 19.9 Å². The molecule has 0 radical (unpaired) electrons. The van der Waals surface area contributed by atoms with Crippen LogP contribution in [0.15, 0.2) is 35.7 Å². The lowest BCUT2D eigenvalue weighted by Crippen LogP contribution is -2.46. The summed E-state index contributed by atoms with van der Waals surface area (Å²) >= 11 is 13.1. The van der Waals surface area contributed by atoms with Crippen molar-refractivity contribution in [2.24, 2.45) is 5.92 Å². The second-order valence-corrected chi connectivity index (χ2v) is 7.05. The second kappa shape index (κ2) is 7.81. The number of hydrogen-bond acceptors (Lipinski definition) is 3. The lowest BCUT2D eigenvalue weighted by atomic mass is 10.0. The molecule has 0 aliphatic carbocycles. The first-order valence-electron chi connectivity index (χ1n) is 6.98. The lowest BCUT2D eigenvalue weighted by Gasteiger charge is -2.21. The number of carbonyl (C=O) groups is 2. The molecular weight excluding hydrogens is 355 g/mol. The molecule has 7 heteroatoms. The maximum absolute atomic E-state index is 12.5. The summed E-state index contributed by atoms with van der Waals surface area (Å²) in [6.45, 7) is 3.74. The fraction of sp³-hybridized carbons (Fsp3) is 0.250. The molecule has 0 bridgehead atoms. The number of rotatable bonds is 5. The predicted molar refractivity (Wildman–Crippen MR) is 95.5 cm³/mol. The van der Waals surface area contributed by atoms with E-state index in [0.29, 0.717) is 20.6 Å². The van der Waals surface area contributed by atoms with Gasteiger partial charge in [-0.15, -0.1) is 11.3 Å². The van der Waals surface area contributed by atoms with E-state index in [2.05, 4.69) is 10.6 Å². The number of nitrogens with one attached hydrogen (secondary N) is 2. The van der Waals surface area contributed by atoms with Crippen LogP contribution in [-0.2, 0) is 4.79 Å². The monoisotopic (exact) mass is 370 g/mol. The van der Waals surface area contributed by atoms with Crippen molar-refractivity contribution >= 4 is 52.0 Å². The highest BCUT2D eigenvalue weighted by Crippen LogP contribution is 2.25. The van der Waals surface area contributed by atoms with Gasteiger partial charge in [-0.1, -0.05) is 43.1 Å². The summed E-state index contributed by atoms with van der Waals surface area (Å²) in [7, 11) is 0. The van der Waals surface area contributed by atoms with E-state index in [4.69, 9.17) is 23.2 Å². The summed E-state index contributed by atoms with van der Waals surface area (Å²) in [5, 5.41) is 8.10. The minimum atomic E-state index is -0.654. The van der Waals surface area contributed by atoms with E-state index in [1.807, 2.05) is 19.2 Å². The van der Waals surface area contributed by atoms with Gasteiger partial charge in [-0.05, 0) is 35.6 Å². The van der Waals surface area contributed by atoms with E-state index in [1.165, 1.54) is 11.3 Å². The fourth-order valence-corrected chi connectivity index (χ4v) is 2.87. The van der Waals surface area contributed by atoms with Crippen molar-refractivity contribution in [3.8, 4) is 0 Å². The predicted octanol–water partition coefficient (Wildman–Crippen LogP) is 4.45. The van der Waals surface area contributed by atoms with Crippen LogP contribution in [0, 0.1) is 5.92 Å². The second-order valence-electron chi connectivity index (χ2n) is 5.29. The van der Waals surface area contributed by atoms with Gasteiger partial charge in [0.15, 0.2) is 0 Å². The number of halogens is 2. The average molecular weight is 371 g/mol. The summed E-state index contributed by atoms with van der Waals surface area (Å²) in [5.74, 6) is -0.632. The summed E-state index contributed by atoms with van der Waals surface area (Å²) < 4.78 is 0. The molecule has 0 spiro atoms. The van der Waals surface area contributed by atoms with Crippen molar-refractivity contribution in [3.63, 3.8) is 0 Å². The van der Waals surface area contributed by atoms with E-state index in [1.54, 1.807) is 30.3 Å². The van der Waals surface area contributed by atoms with Crippen LogP contribution in [0.5, 0.6) is 0 Å². The molecule has 2 N–H and O–H groups in total. The van der Waals surface area contributed by atoms with Gasteiger partial charge in [0.1, 0.15) is 6.04 Å². The molecule has 0 saturated heterocycles. The number of amides is 2. The average Bonchev–Trinajstić information content (AvgIpc) is 3.02. The Morgan fingerprint density at radius 2 is 1.87 bits per heavy atom. The van der Waals surface area contributed by atoms with Crippen LogP contribution in [0.25, 0.3) is 0 Å². The van der Waals surface area contributed by atoms with Crippen LogP contribution < -0.4 is 10.6 Å². The zero-order chi connectivity index (χ0) is 17.0. The van der Waals surface area contributed by atoms with Gasteiger partial charge in [0.25, 0.3) is 5.91 Å². The molecule has 1 atom stereocenters. The molecule has 2 aromatic rings. The summed E-state index contributed by atoms with van der Waals surface area (Å²) in [6.07, 6.45) is 0. The van der Waals surface area contributed by atoms with E-state index in [9.17, 15) is 9.59 Å². The standard InChI is InChI=1S/C16H16Cl2N2O2S/c1-9(2)14(20-15(21)13-4-3-7-23-13)16(22)19-10-5-6-11(17)12(18)8-10/h3-9,14H,1-2H3,(H,19,22)(H,20,21). The Bertz CT molecular complexity index is 702.